The molecule has 4 nitrogen and oxygen atoms in total. The van der Waals surface area contributed by atoms with E-state index < -0.39 is 14.8 Å². The highest BCUT2D eigenvalue weighted by atomic mass is 32.2. The number of ether oxygens (including phenoxy) is 2. The Bertz CT molecular complexity index is 556. The van der Waals surface area contributed by atoms with Crippen LogP contribution in [0, 0.1) is 6.92 Å². The van der Waals surface area contributed by atoms with Crippen molar-refractivity contribution in [1.82, 2.24) is 0 Å². The first-order valence-electron chi connectivity index (χ1n) is 7.02. The lowest BCUT2D eigenvalue weighted by Gasteiger charge is -2.28. The third-order valence-electron chi connectivity index (χ3n) is 3.68. The number of sulfone groups is 1. The van der Waals surface area contributed by atoms with Gasteiger partial charge in [0.25, 0.3) is 0 Å². The van der Waals surface area contributed by atoms with Gasteiger partial charge in [0.2, 0.25) is 9.84 Å². The number of benzene rings is 1. The first-order chi connectivity index (χ1) is 9.52. The lowest BCUT2D eigenvalue weighted by molar-refractivity contribution is -0.0300. The average molecular weight is 314 g/mol. The molecule has 120 valence electrons. The summed E-state index contributed by atoms with van der Waals surface area (Å²) in [5.74, 6) is 0. The van der Waals surface area contributed by atoms with E-state index in [-0.39, 0.29) is 10.5 Å². The number of methoxy groups -OCH3 is 1. The van der Waals surface area contributed by atoms with Crippen molar-refractivity contribution in [3.05, 3.63) is 29.8 Å². The molecule has 0 aliphatic heterocycles. The molecule has 1 aromatic rings. The molecule has 0 unspecified atom stereocenters. The van der Waals surface area contributed by atoms with E-state index in [2.05, 4.69) is 0 Å². The third kappa shape index (κ3) is 4.53. The third-order valence-corrected chi connectivity index (χ3v) is 5.99. The van der Waals surface area contributed by atoms with Gasteiger partial charge in [0.1, 0.15) is 0 Å². The van der Waals surface area contributed by atoms with Crippen LogP contribution in [0.5, 0.6) is 0 Å². The van der Waals surface area contributed by atoms with Gasteiger partial charge in [0, 0.05) is 7.11 Å². The Kier molecular flexibility index (Phi) is 5.58. The van der Waals surface area contributed by atoms with Gasteiger partial charge < -0.3 is 9.47 Å². The predicted octanol–water partition coefficient (Wildman–Crippen LogP) is 3.34. The molecule has 21 heavy (non-hydrogen) atoms. The smallest absolute Gasteiger partial charge is 0.207 e. The van der Waals surface area contributed by atoms with Crippen molar-refractivity contribution >= 4 is 9.84 Å². The van der Waals surface area contributed by atoms with Gasteiger partial charge in [-0.3, -0.25) is 0 Å². The maximum absolute atomic E-state index is 12.6. The maximum Gasteiger partial charge on any atom is 0.207 e. The van der Waals surface area contributed by atoms with Crippen LogP contribution in [-0.4, -0.2) is 32.7 Å². The first-order valence-corrected chi connectivity index (χ1v) is 8.50. The van der Waals surface area contributed by atoms with Crippen molar-refractivity contribution in [2.45, 2.75) is 56.5 Å². The van der Waals surface area contributed by atoms with E-state index in [9.17, 15) is 8.42 Å². The fourth-order valence-electron chi connectivity index (χ4n) is 1.72. The summed E-state index contributed by atoms with van der Waals surface area (Å²) in [7, 11) is -1.91. The van der Waals surface area contributed by atoms with Gasteiger partial charge in [0.05, 0.1) is 17.1 Å². The van der Waals surface area contributed by atoms with Crippen molar-refractivity contribution in [1.29, 1.82) is 0 Å². The predicted molar refractivity (Wildman–Crippen MR) is 84.1 cm³/mol. The van der Waals surface area contributed by atoms with Crippen LogP contribution in [0.2, 0.25) is 0 Å². The fraction of sp³-hybridized carbons (Fsp3) is 0.625. The van der Waals surface area contributed by atoms with Crippen LogP contribution < -0.4 is 0 Å². The largest absolute Gasteiger partial charge is 0.379 e. The topological polar surface area (TPSA) is 52.6 Å². The van der Waals surface area contributed by atoms with E-state index >= 15 is 0 Å². The molecule has 0 bridgehead atoms. The van der Waals surface area contributed by atoms with Gasteiger partial charge in [-0.05, 0) is 53.2 Å². The van der Waals surface area contributed by atoms with Gasteiger partial charge in [-0.2, -0.15) is 0 Å². The summed E-state index contributed by atoms with van der Waals surface area (Å²) in [4.78, 5) is -0.990. The lowest BCUT2D eigenvalue weighted by atomic mass is 10.1. The molecule has 0 amide bonds. The van der Waals surface area contributed by atoms with Gasteiger partial charge >= 0.3 is 0 Å². The second-order valence-electron chi connectivity index (χ2n) is 6.28. The van der Waals surface area contributed by atoms with Crippen LogP contribution in [0.25, 0.3) is 0 Å². The monoisotopic (exact) mass is 314 g/mol. The Morgan fingerprint density at radius 2 is 1.57 bits per heavy atom. The molecular formula is C16H26O4S. The van der Waals surface area contributed by atoms with Crippen molar-refractivity contribution < 1.29 is 17.9 Å². The lowest BCUT2D eigenvalue weighted by Crippen LogP contribution is -2.37. The highest BCUT2D eigenvalue weighted by Gasteiger charge is 2.37. The quantitative estimate of drug-likeness (QED) is 0.774. The highest BCUT2D eigenvalue weighted by molar-refractivity contribution is 7.92. The summed E-state index contributed by atoms with van der Waals surface area (Å²) < 4.78 is 36.2. The normalized spacial score (nSPS) is 13.4. The summed E-state index contributed by atoms with van der Waals surface area (Å²) >= 11 is 0. The minimum atomic E-state index is -3.54. The van der Waals surface area contributed by atoms with Crippen LogP contribution in [-0.2, 0) is 19.3 Å². The van der Waals surface area contributed by atoms with Crippen molar-refractivity contribution in [2.24, 2.45) is 0 Å². The Hall–Kier alpha value is -0.910. The highest BCUT2D eigenvalue weighted by Crippen LogP contribution is 2.27. The molecule has 0 aliphatic rings. The van der Waals surface area contributed by atoms with E-state index in [0.717, 1.165) is 5.56 Å². The Morgan fingerprint density at radius 1 is 1.05 bits per heavy atom. The zero-order valence-corrected chi connectivity index (χ0v) is 14.6. The van der Waals surface area contributed by atoms with E-state index in [1.807, 2.05) is 20.8 Å². The minimum Gasteiger partial charge on any atom is -0.379 e. The van der Waals surface area contributed by atoms with E-state index in [1.165, 1.54) is 0 Å². The van der Waals surface area contributed by atoms with E-state index in [0.29, 0.717) is 13.0 Å². The molecule has 5 heteroatoms. The molecule has 1 aromatic carbocycles. The molecule has 0 fully saturated rings. The standard InChI is InChI=1S/C16H26O4S/c1-13-7-9-14(10-8-13)21(17,18)16(4,5)20-12-11-15(2,3)19-6/h7-10H,11-12H2,1-6H3. The number of rotatable bonds is 7. The SMILES string of the molecule is COC(C)(C)CCOC(C)(C)S(=O)(=O)c1ccc(C)cc1. The Labute approximate surface area is 128 Å². The molecule has 0 atom stereocenters. The zero-order chi connectivity index (χ0) is 16.3. The molecule has 0 saturated carbocycles. The second-order valence-corrected chi connectivity index (χ2v) is 8.74. The molecule has 0 spiro atoms. The molecule has 0 aromatic heterocycles. The van der Waals surface area contributed by atoms with Gasteiger partial charge in [-0.1, -0.05) is 17.7 Å². The number of hydrogen-bond donors (Lipinski definition) is 0. The van der Waals surface area contributed by atoms with Crippen LogP contribution in [0.1, 0.15) is 39.7 Å². The van der Waals surface area contributed by atoms with Gasteiger partial charge in [0.15, 0.2) is 4.93 Å². The Balaban J connectivity index is 2.83. The molecule has 0 radical (unpaired) electrons. The van der Waals surface area contributed by atoms with Crippen molar-refractivity contribution in [3.63, 3.8) is 0 Å². The number of aryl methyl sites for hydroxylation is 1. The summed E-state index contributed by atoms with van der Waals surface area (Å²) in [6.07, 6.45) is 0.621. The van der Waals surface area contributed by atoms with Gasteiger partial charge in [-0.25, -0.2) is 8.42 Å². The maximum atomic E-state index is 12.6. The Morgan fingerprint density at radius 3 is 2.05 bits per heavy atom. The molecular weight excluding hydrogens is 288 g/mol. The molecule has 0 heterocycles. The summed E-state index contributed by atoms with van der Waals surface area (Å²) in [5, 5.41) is 0. The van der Waals surface area contributed by atoms with Crippen molar-refractivity contribution in [3.8, 4) is 0 Å². The fourth-order valence-corrected chi connectivity index (χ4v) is 3.02. The zero-order valence-electron chi connectivity index (χ0n) is 13.8. The summed E-state index contributed by atoms with van der Waals surface area (Å²) in [5.41, 5.74) is 0.693. The number of hydrogen-bond acceptors (Lipinski definition) is 4. The van der Waals surface area contributed by atoms with Crippen LogP contribution >= 0.6 is 0 Å². The van der Waals surface area contributed by atoms with Crippen LogP contribution in [0.4, 0.5) is 0 Å². The van der Waals surface area contributed by atoms with Gasteiger partial charge in [-0.15, -0.1) is 0 Å². The molecule has 1 rings (SSSR count). The molecule has 0 aliphatic carbocycles. The first kappa shape index (κ1) is 18.1. The molecule has 0 saturated heterocycles. The van der Waals surface area contributed by atoms with Crippen molar-refractivity contribution in [2.75, 3.05) is 13.7 Å². The molecule has 0 N–H and O–H groups in total. The minimum absolute atomic E-state index is 0.282. The van der Waals surface area contributed by atoms with E-state index in [1.54, 1.807) is 45.2 Å². The summed E-state index contributed by atoms with van der Waals surface area (Å²) in [6.45, 7) is 9.30. The van der Waals surface area contributed by atoms with Crippen LogP contribution in [0.15, 0.2) is 29.2 Å². The van der Waals surface area contributed by atoms with E-state index in [4.69, 9.17) is 9.47 Å². The average Bonchev–Trinajstić information content (AvgIpc) is 2.38. The second kappa shape index (κ2) is 6.46. The van der Waals surface area contributed by atoms with Crippen LogP contribution in [0.3, 0.4) is 0 Å². The summed E-state index contributed by atoms with van der Waals surface area (Å²) in [6, 6.07) is 6.82.